The fourth-order valence-electron chi connectivity index (χ4n) is 12.3. The van der Waals surface area contributed by atoms with Crippen molar-refractivity contribution >= 4 is 23.9 Å². The molecule has 120 heavy (non-hydrogen) atoms. The largest absolute Gasteiger partial charge is 0.493 e. The highest BCUT2D eigenvalue weighted by atomic mass is 16.6. The number of nitrogens with zero attached hydrogens (tertiary/aromatic N) is 4. The number of esters is 4. The van der Waals surface area contributed by atoms with Gasteiger partial charge in [0, 0.05) is 209 Å². The molecule has 12 rings (SSSR count). The van der Waals surface area contributed by atoms with Gasteiger partial charge in [-0.05, 0) is 191 Å². The van der Waals surface area contributed by atoms with Crippen molar-refractivity contribution in [3.63, 3.8) is 0 Å². The quantitative estimate of drug-likeness (QED) is 0.0303. The Hall–Kier alpha value is -7.16. The maximum absolute atomic E-state index is 13.9. The number of piperidine rings is 4. The first-order valence-electron chi connectivity index (χ1n) is 77.7. The standard InChI is InChI=1S/4C24H38N2O4/c4*1-14(2)9-17-13-26-8-7-16-10-21(28-5)22(29-6)11-18(16)19(26)12-20(17)30-24(27)23(25)15(3)4/h4*10-11,14-15,17,19-20,23H,7-9,12-13,25H2,1-6H3/t4*17?,19?,20?,23-/m0000/s1/i2*3D3,4D3,5D3,7D2,8D2,10D,11D,12D2,13D2,15D,17D,19D,20D,23D;3D3,4D3,7D2,8D2,10D,11D,12D2,13D2,15D,17D,19D,20D,23D;1D3,3D3,4D3,9D2,14D,15D,23D/t3m;14?,17?,19?,20?,23-. The summed E-state index contributed by atoms with van der Waals surface area (Å²) in [7, 11) is -0.532. The molecule has 0 amide bonds. The molecule has 4 aromatic rings. The molecule has 8 aliphatic rings. The lowest BCUT2D eigenvalue weighted by molar-refractivity contribution is -0.161. The fourth-order valence-corrected chi connectivity index (χ4v) is 12.3. The molecule has 0 aliphatic carbocycles. The Morgan fingerprint density at radius 1 is 0.450 bits per heavy atom. The van der Waals surface area contributed by atoms with E-state index in [0.29, 0.717) is 30.0 Å². The first-order valence-corrected chi connectivity index (χ1v) is 36.2. The van der Waals surface area contributed by atoms with Crippen molar-refractivity contribution in [2.75, 3.05) is 109 Å². The monoisotopic (exact) mass is 1760 g/mol. The van der Waals surface area contributed by atoms with E-state index in [0.717, 1.165) is 40.9 Å². The van der Waals surface area contributed by atoms with Gasteiger partial charge in [0.2, 0.25) is 0 Å². The van der Waals surface area contributed by atoms with Crippen molar-refractivity contribution in [1.82, 2.24) is 19.6 Å². The van der Waals surface area contributed by atoms with Gasteiger partial charge >= 0.3 is 23.9 Å². The molecule has 4 aromatic carbocycles. The Bertz CT molecular complexity index is 7730. The maximum Gasteiger partial charge on any atom is 0.323 e. The highest BCUT2D eigenvalue weighted by molar-refractivity contribution is 5.77. The lowest BCUT2D eigenvalue weighted by Crippen LogP contribution is -2.51. The Kier molecular flexibility index (Phi) is 12.4. The number of hydrogen-bond donors (Lipinski definition) is 4. The lowest BCUT2D eigenvalue weighted by atomic mass is 9.79. The summed E-state index contributed by atoms with van der Waals surface area (Å²) in [5.74, 6) is -50.6. The molecule has 0 radical (unpaired) electrons. The molecule has 24 heteroatoms. The van der Waals surface area contributed by atoms with Crippen molar-refractivity contribution in [1.29, 1.82) is 0 Å². The van der Waals surface area contributed by atoms with Gasteiger partial charge in [-0.2, -0.15) is 0 Å². The van der Waals surface area contributed by atoms with Crippen LogP contribution in [0.25, 0.3) is 0 Å². The van der Waals surface area contributed by atoms with E-state index >= 15 is 0 Å². The molecular formula is C96H152N8O16. The van der Waals surface area contributed by atoms with Crippen LogP contribution in [0.3, 0.4) is 0 Å². The van der Waals surface area contributed by atoms with Gasteiger partial charge in [-0.1, -0.05) is 110 Å². The SMILES string of the molecule is [2H]C([2H])([2H])C([2H])(C)C([2H])([2H])C1CN2CCc3cc(OC)c(OC)cc3C2CC1OC(=O)[C@@]([2H])(N)C([2H])(C([2H])([2H])[2H])C([2H])([2H])[2H].[2H]c1c(OC([2H])([2H])[2H])c(OC)c([2H])c2c1C([2H])([2H])C([2H])([2H])N1C([2H])([2H])C([2H])(CC(C)C)C([2H])(OC(=O)[C@@]([2H])(N)C([2H])(C([2H])([2H])[2H])C([2H])([2H])[2H])C([2H])([2H])C21[2H].[2H]c1c(OC([2H])([2H])[2H])c(OC)c([2H])c2c1C([2H])([2H])C([2H])([2H])N1C([2H])([2H])C([2H])(CC(C)C)C([2H])(OC(=O)[C@@]([2H])(N)C([2H])(C([2H])([2H])[2H])C([2H])([2H])[2H])C([2H])([2H])C21[2H].[2H]c1c(OC)c(OC)c([2H])c2c1C([2H])([2H])C([2H])([2H])N1C([2H])([2H])C([2H])(CC(C)C)C([2H])(OC(=O)[C@@]([2H])(N)C([2H])(C([2H])([2H])[2H])C([2H])([2H])[2H])C([2H])([2H])C21[2H]. The molecule has 4 fully saturated rings. The highest BCUT2D eigenvalue weighted by Gasteiger charge is 2.47. The Labute approximate surface area is 835 Å². The van der Waals surface area contributed by atoms with E-state index < -0.39 is 460 Å². The van der Waals surface area contributed by atoms with E-state index in [1.807, 2.05) is 4.90 Å². The van der Waals surface area contributed by atoms with Crippen LogP contribution in [0.15, 0.2) is 48.4 Å². The summed E-state index contributed by atoms with van der Waals surface area (Å²) in [6.07, 6.45) is -45.1. The predicted molar refractivity (Wildman–Crippen MR) is 471 cm³/mol. The van der Waals surface area contributed by atoms with Gasteiger partial charge in [0.15, 0.2) is 46.0 Å². The molecule has 0 saturated carbocycles. The second-order valence-electron chi connectivity index (χ2n) is 27.7. The summed E-state index contributed by atoms with van der Waals surface area (Å²) in [5, 5.41) is 0. The molecule has 13 unspecified atom stereocenters. The van der Waals surface area contributed by atoms with Crippen LogP contribution in [0, 0.1) is 70.8 Å². The molecule has 17 atom stereocenters. The minimum absolute atomic E-state index is 0.224. The summed E-state index contributed by atoms with van der Waals surface area (Å²) in [5.41, 5.74) is 15.6. The summed E-state index contributed by atoms with van der Waals surface area (Å²) >= 11 is 0. The third-order valence-electron chi connectivity index (χ3n) is 17.8. The molecule has 0 bridgehead atoms. The number of rotatable bonds is 28. The number of ether oxygens (including phenoxy) is 12. The molecule has 24 nitrogen and oxygen atoms in total. The van der Waals surface area contributed by atoms with Gasteiger partial charge in [0.25, 0.3) is 0 Å². The van der Waals surface area contributed by atoms with Gasteiger partial charge < -0.3 is 79.8 Å². The van der Waals surface area contributed by atoms with E-state index in [-0.39, 0.29) is 17.9 Å². The average molecular weight is 1760 g/mol. The summed E-state index contributed by atoms with van der Waals surface area (Å²) in [6, 6.07) is -34.0. The minimum Gasteiger partial charge on any atom is -0.493 e. The predicted octanol–water partition coefficient (Wildman–Crippen LogP) is 14.3. The second kappa shape index (κ2) is 43.9. The van der Waals surface area contributed by atoms with Crippen LogP contribution >= 0.6 is 0 Å². The molecule has 8 aliphatic heterocycles. The Morgan fingerprint density at radius 2 is 0.783 bits per heavy atom. The van der Waals surface area contributed by atoms with Crippen molar-refractivity contribution in [2.45, 2.75) is 259 Å². The van der Waals surface area contributed by atoms with Gasteiger partial charge in [-0.15, -0.1) is 0 Å². The van der Waals surface area contributed by atoms with Gasteiger partial charge in [0.05, 0.1) is 86.9 Å². The zero-order valence-corrected chi connectivity index (χ0v) is 67.2. The maximum atomic E-state index is 13.9. The van der Waals surface area contributed by atoms with E-state index in [4.69, 9.17) is 165 Å². The third-order valence-corrected chi connectivity index (χ3v) is 17.8. The number of carbonyl (C=O) groups excluding carboxylic acids is 4. The molecule has 8 N–H and O–H groups in total. The van der Waals surface area contributed by atoms with E-state index in [2.05, 4.69) is 0 Å². The van der Waals surface area contributed by atoms with Crippen molar-refractivity contribution in [2.24, 2.45) is 93.8 Å². The summed E-state index contributed by atoms with van der Waals surface area (Å²) in [6.45, 7) is -51.0. The van der Waals surface area contributed by atoms with Crippen LogP contribution in [-0.2, 0) is 63.7 Å². The van der Waals surface area contributed by atoms with E-state index in [9.17, 15) is 48.0 Å². The van der Waals surface area contributed by atoms with E-state index in [1.54, 1.807) is 12.1 Å². The lowest BCUT2D eigenvalue weighted by Gasteiger charge is -2.47. The Balaban J connectivity index is 0.000000293. The highest BCUT2D eigenvalue weighted by Crippen LogP contribution is 2.50. The normalized spacial score (nSPS) is 48.8. The van der Waals surface area contributed by atoms with Crippen molar-refractivity contribution in [3.05, 3.63) is 92.9 Å². The van der Waals surface area contributed by atoms with Crippen molar-refractivity contribution < 1.29 is 190 Å². The Morgan fingerprint density at radius 3 is 1.11 bits per heavy atom. The third kappa shape index (κ3) is 23.8. The summed E-state index contributed by atoms with van der Waals surface area (Å²) < 4.78 is 763. The topological polar surface area (TPSA) is 296 Å². The average Bonchev–Trinajstić information content (AvgIpc) is 0.636. The minimum atomic E-state index is -4.42. The summed E-state index contributed by atoms with van der Waals surface area (Å²) in [4.78, 5) is 55.6. The molecule has 4 saturated heterocycles. The first kappa shape index (κ1) is 34.0. The van der Waals surface area contributed by atoms with Gasteiger partial charge in [0.1, 0.15) is 48.4 Å². The first-order chi connectivity index (χ1) is 89.1. The zero-order valence-electron chi connectivity index (χ0n) is 150. The van der Waals surface area contributed by atoms with Crippen molar-refractivity contribution in [3.8, 4) is 46.0 Å². The fraction of sp³-hybridized carbons (Fsp3) is 0.708. The van der Waals surface area contributed by atoms with Crippen LogP contribution in [0.2, 0.25) is 0 Å². The number of methoxy groups -OCH3 is 8. The van der Waals surface area contributed by atoms with Crippen LogP contribution in [0.5, 0.6) is 46.0 Å². The number of hydrogen-bond acceptors (Lipinski definition) is 24. The number of benzene rings is 4. The molecule has 672 valence electrons. The zero-order chi connectivity index (χ0) is 161. The van der Waals surface area contributed by atoms with Gasteiger partial charge in [-0.25, -0.2) is 0 Å². The van der Waals surface area contributed by atoms with Crippen LogP contribution in [0.1, 0.15) is 344 Å². The second-order valence-corrected chi connectivity index (χ2v) is 27.7. The van der Waals surface area contributed by atoms with Crippen LogP contribution in [-0.4, -0.2) is 201 Å². The molecule has 8 heterocycles. The van der Waals surface area contributed by atoms with Crippen LogP contribution in [0.4, 0.5) is 0 Å². The number of carbonyl (C=O) groups is 4. The van der Waals surface area contributed by atoms with Crippen LogP contribution < -0.4 is 60.8 Å². The number of fused-ring (bicyclic) bond motifs is 12. The van der Waals surface area contributed by atoms with Gasteiger partial charge in [-0.3, -0.25) is 38.8 Å². The smallest absolute Gasteiger partial charge is 0.323 e. The van der Waals surface area contributed by atoms with E-state index in [1.165, 1.54) is 55.8 Å². The molecular weight excluding hydrogens is 1520 g/mol. The molecule has 0 aromatic heterocycles. The number of nitrogens with two attached hydrogens (primary N) is 4. The molecule has 0 spiro atoms.